The van der Waals surface area contributed by atoms with Crippen LogP contribution in [-0.2, 0) is 4.79 Å². The van der Waals surface area contributed by atoms with Crippen molar-refractivity contribution in [3.8, 4) is 0 Å². The molecule has 0 spiro atoms. The van der Waals surface area contributed by atoms with Gasteiger partial charge in [-0.3, -0.25) is 4.79 Å². The monoisotopic (exact) mass is 169 g/mol. The zero-order chi connectivity index (χ0) is 8.97. The first-order valence-electron chi connectivity index (χ1n) is 4.98. The second kappa shape index (κ2) is 4.61. The van der Waals surface area contributed by atoms with Crippen molar-refractivity contribution in [2.75, 3.05) is 0 Å². The van der Waals surface area contributed by atoms with Crippen molar-refractivity contribution in [2.45, 2.75) is 51.5 Å². The molecule has 0 amide bonds. The zero-order valence-corrected chi connectivity index (χ0v) is 7.88. The van der Waals surface area contributed by atoms with Crippen LogP contribution in [0.2, 0.25) is 0 Å². The van der Waals surface area contributed by atoms with E-state index in [1.807, 2.05) is 6.92 Å². The summed E-state index contributed by atoms with van der Waals surface area (Å²) in [5.41, 5.74) is 5.58. The number of Topliss-reactive ketones (excluding diaryl/α,β-unsaturated/α-hetero) is 1. The fraction of sp³-hybridized carbons (Fsp3) is 0.900. The maximum absolute atomic E-state index is 11.5. The Kier molecular flexibility index (Phi) is 3.73. The van der Waals surface area contributed by atoms with Gasteiger partial charge in [-0.1, -0.05) is 19.3 Å². The van der Waals surface area contributed by atoms with Crippen LogP contribution in [0.25, 0.3) is 0 Å². The Morgan fingerprint density at radius 3 is 2.50 bits per heavy atom. The van der Waals surface area contributed by atoms with Gasteiger partial charge in [0.2, 0.25) is 0 Å². The molecule has 0 heterocycles. The summed E-state index contributed by atoms with van der Waals surface area (Å²) in [4.78, 5) is 11.5. The van der Waals surface area contributed by atoms with E-state index >= 15 is 0 Å². The van der Waals surface area contributed by atoms with Crippen LogP contribution in [0.3, 0.4) is 0 Å². The van der Waals surface area contributed by atoms with E-state index in [2.05, 4.69) is 0 Å². The minimum Gasteiger partial charge on any atom is -0.328 e. The van der Waals surface area contributed by atoms with E-state index in [0.29, 0.717) is 18.1 Å². The van der Waals surface area contributed by atoms with Gasteiger partial charge in [0.05, 0.1) is 0 Å². The Labute approximate surface area is 74.5 Å². The Morgan fingerprint density at radius 2 is 2.00 bits per heavy atom. The van der Waals surface area contributed by atoms with E-state index in [9.17, 15) is 4.79 Å². The van der Waals surface area contributed by atoms with Crippen LogP contribution in [0.5, 0.6) is 0 Å². The van der Waals surface area contributed by atoms with Crippen LogP contribution in [0.1, 0.15) is 45.4 Å². The molecule has 1 saturated carbocycles. The summed E-state index contributed by atoms with van der Waals surface area (Å²) in [6, 6.07) is 0.0411. The van der Waals surface area contributed by atoms with Crippen molar-refractivity contribution in [2.24, 2.45) is 11.7 Å². The highest BCUT2D eigenvalue weighted by atomic mass is 16.1. The van der Waals surface area contributed by atoms with Crippen molar-refractivity contribution < 1.29 is 4.79 Å². The average Bonchev–Trinajstić information content (AvgIpc) is 2.05. The number of hydrogen-bond acceptors (Lipinski definition) is 2. The van der Waals surface area contributed by atoms with Gasteiger partial charge in [0, 0.05) is 18.4 Å². The van der Waals surface area contributed by atoms with E-state index in [0.717, 1.165) is 12.8 Å². The maximum Gasteiger partial charge on any atom is 0.137 e. The van der Waals surface area contributed by atoms with Crippen molar-refractivity contribution in [3.05, 3.63) is 0 Å². The first kappa shape index (κ1) is 9.72. The lowest BCUT2D eigenvalue weighted by atomic mass is 9.84. The number of carbonyl (C=O) groups excluding carboxylic acids is 1. The molecule has 1 aliphatic rings. The van der Waals surface area contributed by atoms with Gasteiger partial charge >= 0.3 is 0 Å². The molecule has 0 radical (unpaired) electrons. The van der Waals surface area contributed by atoms with E-state index in [4.69, 9.17) is 5.73 Å². The highest BCUT2D eigenvalue weighted by molar-refractivity contribution is 5.81. The molecule has 2 heteroatoms. The third-order valence-electron chi connectivity index (χ3n) is 2.58. The van der Waals surface area contributed by atoms with Gasteiger partial charge in [0.15, 0.2) is 0 Å². The molecule has 0 bridgehead atoms. The van der Waals surface area contributed by atoms with Crippen LogP contribution in [0.4, 0.5) is 0 Å². The van der Waals surface area contributed by atoms with Gasteiger partial charge < -0.3 is 5.73 Å². The Balaban J connectivity index is 2.30. The number of carbonyl (C=O) groups is 1. The molecule has 1 rings (SSSR count). The SMILES string of the molecule is CC(N)CC(=O)C1CCCCC1. The normalized spacial score (nSPS) is 22.2. The van der Waals surface area contributed by atoms with Gasteiger partial charge in [-0.25, -0.2) is 0 Å². The largest absolute Gasteiger partial charge is 0.328 e. The molecule has 0 aliphatic heterocycles. The van der Waals surface area contributed by atoms with E-state index in [1.54, 1.807) is 0 Å². The number of rotatable bonds is 3. The number of ketones is 1. The molecule has 2 N–H and O–H groups in total. The third-order valence-corrected chi connectivity index (χ3v) is 2.58. The quantitative estimate of drug-likeness (QED) is 0.701. The third kappa shape index (κ3) is 2.94. The fourth-order valence-corrected chi connectivity index (χ4v) is 1.91. The van der Waals surface area contributed by atoms with Crippen molar-refractivity contribution in [1.82, 2.24) is 0 Å². The molecule has 70 valence electrons. The van der Waals surface area contributed by atoms with Gasteiger partial charge in [-0.2, -0.15) is 0 Å². The summed E-state index contributed by atoms with van der Waals surface area (Å²) in [5.74, 6) is 0.731. The Morgan fingerprint density at radius 1 is 1.42 bits per heavy atom. The average molecular weight is 169 g/mol. The summed E-state index contributed by atoms with van der Waals surface area (Å²) in [6.07, 6.45) is 6.55. The fourth-order valence-electron chi connectivity index (χ4n) is 1.91. The van der Waals surface area contributed by atoms with Gasteiger partial charge in [-0.15, -0.1) is 0 Å². The lowest BCUT2D eigenvalue weighted by molar-refractivity contribution is -0.124. The molecule has 0 saturated heterocycles. The highest BCUT2D eigenvalue weighted by Gasteiger charge is 2.21. The van der Waals surface area contributed by atoms with Crippen LogP contribution < -0.4 is 5.73 Å². The van der Waals surface area contributed by atoms with Crippen LogP contribution in [0, 0.1) is 5.92 Å². The summed E-state index contributed by atoms with van der Waals surface area (Å²) in [5, 5.41) is 0. The molecule has 2 nitrogen and oxygen atoms in total. The zero-order valence-electron chi connectivity index (χ0n) is 7.88. The van der Waals surface area contributed by atoms with Crippen LogP contribution in [0.15, 0.2) is 0 Å². The lowest BCUT2D eigenvalue weighted by Gasteiger charge is -2.20. The number of hydrogen-bond donors (Lipinski definition) is 1. The van der Waals surface area contributed by atoms with Crippen molar-refractivity contribution in [3.63, 3.8) is 0 Å². The minimum absolute atomic E-state index is 0.0411. The van der Waals surface area contributed by atoms with Gasteiger partial charge in [0.25, 0.3) is 0 Å². The summed E-state index contributed by atoms with van der Waals surface area (Å²) >= 11 is 0. The molecule has 1 fully saturated rings. The molecule has 0 aromatic rings. The second-order valence-electron chi connectivity index (χ2n) is 3.98. The molecular formula is C10H19NO. The number of nitrogens with two attached hydrogens (primary N) is 1. The molecule has 1 atom stereocenters. The predicted octanol–water partition coefficient (Wildman–Crippen LogP) is 1.87. The van der Waals surface area contributed by atoms with Crippen molar-refractivity contribution in [1.29, 1.82) is 0 Å². The molecular weight excluding hydrogens is 150 g/mol. The lowest BCUT2D eigenvalue weighted by Crippen LogP contribution is -2.25. The van der Waals surface area contributed by atoms with Gasteiger partial charge in [0.1, 0.15) is 5.78 Å². The Hall–Kier alpha value is -0.370. The molecule has 1 unspecified atom stereocenters. The van der Waals surface area contributed by atoms with E-state index in [-0.39, 0.29) is 6.04 Å². The molecule has 12 heavy (non-hydrogen) atoms. The first-order chi connectivity index (χ1) is 5.70. The predicted molar refractivity (Wildman–Crippen MR) is 49.8 cm³/mol. The summed E-state index contributed by atoms with van der Waals surface area (Å²) in [6.45, 7) is 1.90. The Bertz CT molecular complexity index is 148. The van der Waals surface area contributed by atoms with Crippen LogP contribution in [-0.4, -0.2) is 11.8 Å². The maximum atomic E-state index is 11.5. The van der Waals surface area contributed by atoms with Gasteiger partial charge in [-0.05, 0) is 19.8 Å². The second-order valence-corrected chi connectivity index (χ2v) is 3.98. The molecule has 0 aromatic heterocycles. The molecule has 1 aliphatic carbocycles. The minimum atomic E-state index is 0.0411. The highest BCUT2D eigenvalue weighted by Crippen LogP contribution is 2.25. The first-order valence-corrected chi connectivity index (χ1v) is 4.98. The van der Waals surface area contributed by atoms with E-state index < -0.39 is 0 Å². The molecule has 0 aromatic carbocycles. The smallest absolute Gasteiger partial charge is 0.137 e. The summed E-state index contributed by atoms with van der Waals surface area (Å²) < 4.78 is 0. The van der Waals surface area contributed by atoms with Crippen molar-refractivity contribution >= 4 is 5.78 Å². The van der Waals surface area contributed by atoms with Crippen LogP contribution >= 0.6 is 0 Å². The topological polar surface area (TPSA) is 43.1 Å². The summed E-state index contributed by atoms with van der Waals surface area (Å²) in [7, 11) is 0. The standard InChI is InChI=1S/C10H19NO/c1-8(11)7-10(12)9-5-3-2-4-6-9/h8-9H,2-7,11H2,1H3. The van der Waals surface area contributed by atoms with E-state index in [1.165, 1.54) is 19.3 Å².